The first-order valence-corrected chi connectivity index (χ1v) is 7.33. The average molecular weight is 265 g/mol. The van der Waals surface area contributed by atoms with E-state index in [2.05, 4.69) is 76.8 Å². The van der Waals surface area contributed by atoms with Gasteiger partial charge >= 0.3 is 0 Å². The predicted molar refractivity (Wildman–Crippen MR) is 84.9 cm³/mol. The zero-order chi connectivity index (χ0) is 13.8. The molecule has 1 N–H and O–H groups in total. The standard InChI is InChI=1S/C16H27NS/c1-15(2,3)13-6-8-14(9-7-13)16(4,5)12-17-10-11-18/h6-9,17-18H,10-12H2,1-5H3. The number of nitrogens with one attached hydrogen (secondary N) is 1. The third-order valence-electron chi connectivity index (χ3n) is 3.39. The number of thiol groups is 1. The molecule has 2 heteroatoms. The fourth-order valence-electron chi connectivity index (χ4n) is 2.00. The Hall–Kier alpha value is -0.470. The van der Waals surface area contributed by atoms with Crippen molar-refractivity contribution < 1.29 is 0 Å². The van der Waals surface area contributed by atoms with Crippen molar-refractivity contribution in [1.29, 1.82) is 0 Å². The van der Waals surface area contributed by atoms with Gasteiger partial charge in [0, 0.05) is 24.3 Å². The molecule has 0 radical (unpaired) electrons. The zero-order valence-corrected chi connectivity index (χ0v) is 13.3. The summed E-state index contributed by atoms with van der Waals surface area (Å²) in [5.41, 5.74) is 3.18. The van der Waals surface area contributed by atoms with E-state index in [0.29, 0.717) is 0 Å². The second-order valence-corrected chi connectivity index (χ2v) is 7.06. The van der Waals surface area contributed by atoms with Crippen LogP contribution >= 0.6 is 12.6 Å². The Morgan fingerprint density at radius 1 is 0.944 bits per heavy atom. The Balaban J connectivity index is 2.77. The topological polar surface area (TPSA) is 12.0 Å². The van der Waals surface area contributed by atoms with Crippen molar-refractivity contribution in [2.45, 2.75) is 45.4 Å². The first kappa shape index (κ1) is 15.6. The second-order valence-electron chi connectivity index (χ2n) is 6.61. The Kier molecular flexibility index (Phi) is 5.30. The molecule has 0 saturated carbocycles. The highest BCUT2D eigenvalue weighted by atomic mass is 32.1. The van der Waals surface area contributed by atoms with E-state index in [4.69, 9.17) is 0 Å². The van der Waals surface area contributed by atoms with E-state index < -0.39 is 0 Å². The molecule has 102 valence electrons. The molecule has 0 saturated heterocycles. The molecule has 0 spiro atoms. The van der Waals surface area contributed by atoms with Crippen LogP contribution in [0.1, 0.15) is 45.7 Å². The van der Waals surface area contributed by atoms with Crippen LogP contribution in [0.2, 0.25) is 0 Å². The van der Waals surface area contributed by atoms with Crippen LogP contribution in [0.15, 0.2) is 24.3 Å². The van der Waals surface area contributed by atoms with E-state index in [9.17, 15) is 0 Å². The number of hydrogen-bond acceptors (Lipinski definition) is 2. The number of benzene rings is 1. The summed E-state index contributed by atoms with van der Waals surface area (Å²) in [4.78, 5) is 0. The normalized spacial score (nSPS) is 12.8. The van der Waals surface area contributed by atoms with Gasteiger partial charge in [-0.15, -0.1) is 0 Å². The van der Waals surface area contributed by atoms with Gasteiger partial charge in [0.25, 0.3) is 0 Å². The van der Waals surface area contributed by atoms with Crippen LogP contribution in [0.4, 0.5) is 0 Å². The molecule has 18 heavy (non-hydrogen) atoms. The van der Waals surface area contributed by atoms with Gasteiger partial charge in [0.1, 0.15) is 0 Å². The molecule has 0 aliphatic rings. The van der Waals surface area contributed by atoms with Crippen LogP contribution in [0.3, 0.4) is 0 Å². The molecule has 0 aliphatic carbocycles. The molecule has 1 rings (SSSR count). The lowest BCUT2D eigenvalue weighted by Gasteiger charge is -2.27. The van der Waals surface area contributed by atoms with E-state index in [1.165, 1.54) is 11.1 Å². The summed E-state index contributed by atoms with van der Waals surface area (Å²) in [5, 5.41) is 3.44. The summed E-state index contributed by atoms with van der Waals surface area (Å²) >= 11 is 4.22. The van der Waals surface area contributed by atoms with Crippen molar-refractivity contribution >= 4 is 12.6 Å². The quantitative estimate of drug-likeness (QED) is 0.610. The molecule has 0 aromatic heterocycles. The summed E-state index contributed by atoms with van der Waals surface area (Å²) in [5.74, 6) is 0.888. The monoisotopic (exact) mass is 265 g/mol. The van der Waals surface area contributed by atoms with Crippen molar-refractivity contribution in [3.63, 3.8) is 0 Å². The molecule has 0 heterocycles. The lowest BCUT2D eigenvalue weighted by atomic mass is 9.81. The fraction of sp³-hybridized carbons (Fsp3) is 0.625. The van der Waals surface area contributed by atoms with E-state index in [1.54, 1.807) is 0 Å². The Morgan fingerprint density at radius 2 is 1.44 bits per heavy atom. The average Bonchev–Trinajstić information content (AvgIpc) is 2.28. The summed E-state index contributed by atoms with van der Waals surface area (Å²) < 4.78 is 0. The maximum Gasteiger partial charge on any atom is 0.00435 e. The van der Waals surface area contributed by atoms with Crippen LogP contribution in [-0.4, -0.2) is 18.8 Å². The van der Waals surface area contributed by atoms with E-state index >= 15 is 0 Å². The van der Waals surface area contributed by atoms with Gasteiger partial charge in [0.2, 0.25) is 0 Å². The van der Waals surface area contributed by atoms with E-state index in [-0.39, 0.29) is 10.8 Å². The molecule has 0 aliphatic heterocycles. The van der Waals surface area contributed by atoms with Gasteiger partial charge in [0.05, 0.1) is 0 Å². The van der Waals surface area contributed by atoms with Gasteiger partial charge < -0.3 is 5.32 Å². The summed E-state index contributed by atoms with van der Waals surface area (Å²) in [6.45, 7) is 13.3. The Labute approximate surface area is 118 Å². The van der Waals surface area contributed by atoms with Crippen LogP contribution in [0, 0.1) is 0 Å². The molecule has 0 unspecified atom stereocenters. The highest BCUT2D eigenvalue weighted by molar-refractivity contribution is 7.80. The van der Waals surface area contributed by atoms with Crippen molar-refractivity contribution in [3.8, 4) is 0 Å². The maximum atomic E-state index is 4.22. The maximum absolute atomic E-state index is 4.22. The molecule has 0 fully saturated rings. The minimum atomic E-state index is 0.166. The molecular weight excluding hydrogens is 238 g/mol. The van der Waals surface area contributed by atoms with Crippen LogP contribution in [-0.2, 0) is 10.8 Å². The minimum absolute atomic E-state index is 0.166. The molecular formula is C16H27NS. The van der Waals surface area contributed by atoms with Gasteiger partial charge in [-0.2, -0.15) is 12.6 Å². The van der Waals surface area contributed by atoms with Crippen molar-refractivity contribution in [2.24, 2.45) is 0 Å². The van der Waals surface area contributed by atoms with Gasteiger partial charge in [-0.05, 0) is 16.5 Å². The molecule has 0 atom stereocenters. The lowest BCUT2D eigenvalue weighted by molar-refractivity contribution is 0.478. The van der Waals surface area contributed by atoms with Crippen molar-refractivity contribution in [2.75, 3.05) is 18.8 Å². The van der Waals surface area contributed by atoms with Crippen LogP contribution in [0.25, 0.3) is 0 Å². The summed E-state index contributed by atoms with van der Waals surface area (Å²) in [6.07, 6.45) is 0. The van der Waals surface area contributed by atoms with E-state index in [1.807, 2.05) is 0 Å². The molecule has 1 nitrogen and oxygen atoms in total. The number of rotatable bonds is 5. The summed E-state index contributed by atoms with van der Waals surface area (Å²) in [7, 11) is 0. The van der Waals surface area contributed by atoms with Gasteiger partial charge in [-0.25, -0.2) is 0 Å². The van der Waals surface area contributed by atoms with Gasteiger partial charge in [0.15, 0.2) is 0 Å². The fourth-order valence-corrected chi connectivity index (χ4v) is 2.16. The second kappa shape index (κ2) is 6.12. The van der Waals surface area contributed by atoms with Crippen molar-refractivity contribution in [3.05, 3.63) is 35.4 Å². The largest absolute Gasteiger partial charge is 0.315 e. The Morgan fingerprint density at radius 3 is 1.89 bits per heavy atom. The SMILES string of the molecule is CC(C)(C)c1ccc(C(C)(C)CNCCS)cc1. The zero-order valence-electron chi connectivity index (χ0n) is 12.4. The van der Waals surface area contributed by atoms with Crippen LogP contribution in [0.5, 0.6) is 0 Å². The third-order valence-corrected chi connectivity index (χ3v) is 3.61. The first-order chi connectivity index (χ1) is 8.27. The highest BCUT2D eigenvalue weighted by Gasteiger charge is 2.21. The molecule has 1 aromatic rings. The first-order valence-electron chi connectivity index (χ1n) is 6.70. The third kappa shape index (κ3) is 4.33. The molecule has 0 amide bonds. The Bertz CT molecular complexity index is 360. The minimum Gasteiger partial charge on any atom is -0.315 e. The number of hydrogen-bond donors (Lipinski definition) is 2. The van der Waals surface area contributed by atoms with Crippen LogP contribution < -0.4 is 5.32 Å². The predicted octanol–water partition coefficient (Wildman–Crippen LogP) is 3.78. The van der Waals surface area contributed by atoms with Gasteiger partial charge in [-0.1, -0.05) is 58.9 Å². The highest BCUT2D eigenvalue weighted by Crippen LogP contribution is 2.27. The smallest absolute Gasteiger partial charge is 0.00435 e. The molecule has 1 aromatic carbocycles. The van der Waals surface area contributed by atoms with Crippen molar-refractivity contribution in [1.82, 2.24) is 5.32 Å². The molecule has 0 bridgehead atoms. The lowest BCUT2D eigenvalue weighted by Crippen LogP contribution is -2.34. The summed E-state index contributed by atoms with van der Waals surface area (Å²) in [6, 6.07) is 9.05. The van der Waals surface area contributed by atoms with Gasteiger partial charge in [-0.3, -0.25) is 0 Å². The van der Waals surface area contributed by atoms with E-state index in [0.717, 1.165) is 18.8 Å².